The largest absolute Gasteiger partial charge is 0.465 e. The van der Waals surface area contributed by atoms with E-state index in [1.54, 1.807) is 16.3 Å². The van der Waals surface area contributed by atoms with Crippen LogP contribution < -0.4 is 10.2 Å². The van der Waals surface area contributed by atoms with Gasteiger partial charge in [-0.2, -0.15) is 0 Å². The molecule has 3 rings (SSSR count). The molecule has 9 heteroatoms. The molecular formula is C14H13ClN4O3S. The van der Waals surface area contributed by atoms with Gasteiger partial charge >= 0.3 is 5.97 Å². The predicted octanol–water partition coefficient (Wildman–Crippen LogP) is 2.20. The minimum atomic E-state index is -0.453. The summed E-state index contributed by atoms with van der Waals surface area (Å²) in [5.41, 5.74) is 0.397. The van der Waals surface area contributed by atoms with Crippen LogP contribution in [0.15, 0.2) is 23.8 Å². The average molecular weight is 353 g/mol. The molecular weight excluding hydrogens is 340 g/mol. The van der Waals surface area contributed by atoms with Gasteiger partial charge in [-0.15, -0.1) is 11.3 Å². The van der Waals surface area contributed by atoms with E-state index >= 15 is 0 Å². The highest BCUT2D eigenvalue weighted by molar-refractivity contribution is 7.14. The molecule has 0 aromatic carbocycles. The number of carbonyl (C=O) groups is 2. The Balaban J connectivity index is 1.77. The Bertz CT molecular complexity index is 751. The molecule has 1 N–H and O–H groups in total. The lowest BCUT2D eigenvalue weighted by Crippen LogP contribution is -2.34. The molecule has 1 amide bonds. The van der Waals surface area contributed by atoms with E-state index in [4.69, 9.17) is 16.3 Å². The predicted molar refractivity (Wildman–Crippen MR) is 87.1 cm³/mol. The van der Waals surface area contributed by atoms with Crippen molar-refractivity contribution in [1.29, 1.82) is 0 Å². The first kappa shape index (κ1) is 15.7. The number of nitrogens with one attached hydrogen (secondary N) is 1. The second-order valence-corrected chi connectivity index (χ2v) is 6.12. The Morgan fingerprint density at radius 1 is 1.52 bits per heavy atom. The van der Waals surface area contributed by atoms with Gasteiger partial charge in [0.2, 0.25) is 5.91 Å². The minimum Gasteiger partial charge on any atom is -0.465 e. The smallest absolute Gasteiger partial charge is 0.340 e. The van der Waals surface area contributed by atoms with Crippen molar-refractivity contribution in [2.75, 3.05) is 23.9 Å². The van der Waals surface area contributed by atoms with Crippen molar-refractivity contribution in [3.8, 4) is 0 Å². The zero-order valence-corrected chi connectivity index (χ0v) is 13.7. The molecule has 1 aliphatic rings. The molecule has 0 aliphatic carbocycles. The lowest BCUT2D eigenvalue weighted by molar-refractivity contribution is -0.117. The third kappa shape index (κ3) is 3.13. The van der Waals surface area contributed by atoms with Crippen molar-refractivity contribution in [3.63, 3.8) is 0 Å². The van der Waals surface area contributed by atoms with Crippen LogP contribution in [0.3, 0.4) is 0 Å². The molecule has 3 heterocycles. The highest BCUT2D eigenvalue weighted by atomic mass is 35.5. The summed E-state index contributed by atoms with van der Waals surface area (Å²) < 4.78 is 4.75. The van der Waals surface area contributed by atoms with Gasteiger partial charge in [-0.05, 0) is 17.9 Å². The maximum Gasteiger partial charge on any atom is 0.340 e. The topological polar surface area (TPSA) is 84.4 Å². The van der Waals surface area contributed by atoms with Gasteiger partial charge in [-0.3, -0.25) is 9.78 Å². The van der Waals surface area contributed by atoms with Gasteiger partial charge in [0, 0.05) is 6.54 Å². The zero-order chi connectivity index (χ0) is 16.4. The maximum atomic E-state index is 12.6. The molecule has 23 heavy (non-hydrogen) atoms. The number of nitrogens with zero attached hydrogens (tertiary/aromatic N) is 3. The van der Waals surface area contributed by atoms with Crippen LogP contribution in [0.4, 0.5) is 10.8 Å². The SMILES string of the molecule is COC(=O)c1ccsc1N1CCC(Nc2cncc(Cl)n2)C1=O. The first-order valence-corrected chi connectivity index (χ1v) is 8.07. The number of aromatic nitrogens is 2. The van der Waals surface area contributed by atoms with E-state index in [0.29, 0.717) is 29.3 Å². The van der Waals surface area contributed by atoms with Crippen LogP contribution in [0.2, 0.25) is 5.15 Å². The Morgan fingerprint density at radius 3 is 3.09 bits per heavy atom. The van der Waals surface area contributed by atoms with Crippen LogP contribution in [-0.2, 0) is 9.53 Å². The van der Waals surface area contributed by atoms with E-state index in [9.17, 15) is 9.59 Å². The van der Waals surface area contributed by atoms with E-state index in [0.717, 1.165) is 0 Å². The lowest BCUT2D eigenvalue weighted by atomic mass is 10.2. The van der Waals surface area contributed by atoms with E-state index < -0.39 is 12.0 Å². The average Bonchev–Trinajstić information content (AvgIpc) is 3.14. The number of amides is 1. The highest BCUT2D eigenvalue weighted by Gasteiger charge is 2.35. The molecule has 0 radical (unpaired) electrons. The van der Waals surface area contributed by atoms with Gasteiger partial charge in [0.05, 0.1) is 25.1 Å². The van der Waals surface area contributed by atoms with Crippen molar-refractivity contribution in [3.05, 3.63) is 34.6 Å². The molecule has 1 fully saturated rings. The fraction of sp³-hybridized carbons (Fsp3) is 0.286. The van der Waals surface area contributed by atoms with Crippen molar-refractivity contribution >= 4 is 45.6 Å². The summed E-state index contributed by atoms with van der Waals surface area (Å²) in [6.07, 6.45) is 3.52. The standard InChI is InChI=1S/C14H13ClN4O3S/c1-22-14(21)8-3-5-23-13(8)19-4-2-9(12(19)20)17-11-7-16-6-10(15)18-11/h3,5-7,9H,2,4H2,1H3,(H,17,18). The number of hydrogen-bond donors (Lipinski definition) is 1. The number of halogens is 1. The summed E-state index contributed by atoms with van der Waals surface area (Å²) in [4.78, 5) is 33.9. The van der Waals surface area contributed by atoms with Crippen LogP contribution in [0.25, 0.3) is 0 Å². The number of methoxy groups -OCH3 is 1. The van der Waals surface area contributed by atoms with Crippen LogP contribution in [0, 0.1) is 0 Å². The number of anilines is 2. The monoisotopic (exact) mass is 352 g/mol. The highest BCUT2D eigenvalue weighted by Crippen LogP contribution is 2.32. The molecule has 1 atom stereocenters. The van der Waals surface area contributed by atoms with Gasteiger partial charge in [-0.25, -0.2) is 9.78 Å². The van der Waals surface area contributed by atoms with Crippen LogP contribution in [0.5, 0.6) is 0 Å². The van der Waals surface area contributed by atoms with Gasteiger partial charge < -0.3 is 15.0 Å². The summed E-state index contributed by atoms with van der Waals surface area (Å²) in [6, 6.07) is 1.22. The number of esters is 1. The summed E-state index contributed by atoms with van der Waals surface area (Å²) in [5.74, 6) is -0.136. The van der Waals surface area contributed by atoms with E-state index in [-0.39, 0.29) is 11.1 Å². The van der Waals surface area contributed by atoms with E-state index in [2.05, 4.69) is 15.3 Å². The van der Waals surface area contributed by atoms with Gasteiger partial charge in [0.1, 0.15) is 22.0 Å². The van der Waals surface area contributed by atoms with E-state index in [1.807, 2.05) is 0 Å². The number of thiophene rings is 1. The van der Waals surface area contributed by atoms with Crippen LogP contribution >= 0.6 is 22.9 Å². The Hall–Kier alpha value is -2.19. The summed E-state index contributed by atoms with van der Waals surface area (Å²) in [7, 11) is 1.32. The number of ether oxygens (including phenoxy) is 1. The molecule has 7 nitrogen and oxygen atoms in total. The second-order valence-electron chi connectivity index (χ2n) is 4.83. The first-order valence-electron chi connectivity index (χ1n) is 6.81. The Kier molecular flexibility index (Phi) is 4.44. The summed E-state index contributed by atoms with van der Waals surface area (Å²) in [5, 5.41) is 5.64. The van der Waals surface area contributed by atoms with Gasteiger partial charge in [0.25, 0.3) is 0 Å². The van der Waals surface area contributed by atoms with Gasteiger partial charge in [0.15, 0.2) is 0 Å². The fourth-order valence-electron chi connectivity index (χ4n) is 2.38. The third-order valence-electron chi connectivity index (χ3n) is 3.43. The lowest BCUT2D eigenvalue weighted by Gasteiger charge is -2.17. The molecule has 0 saturated carbocycles. The normalized spacial score (nSPS) is 17.4. The quantitative estimate of drug-likeness (QED) is 0.849. The van der Waals surface area contributed by atoms with Crippen molar-refractivity contribution in [2.45, 2.75) is 12.5 Å². The zero-order valence-electron chi connectivity index (χ0n) is 12.2. The van der Waals surface area contributed by atoms with Crippen LogP contribution in [0.1, 0.15) is 16.8 Å². The van der Waals surface area contributed by atoms with Gasteiger partial charge in [-0.1, -0.05) is 11.6 Å². The molecule has 0 bridgehead atoms. The van der Waals surface area contributed by atoms with Crippen molar-refractivity contribution in [2.24, 2.45) is 0 Å². The molecule has 2 aromatic heterocycles. The van der Waals surface area contributed by atoms with Crippen LogP contribution in [-0.4, -0.2) is 41.5 Å². The molecule has 1 saturated heterocycles. The van der Waals surface area contributed by atoms with Crippen molar-refractivity contribution in [1.82, 2.24) is 9.97 Å². The molecule has 0 spiro atoms. The number of carbonyl (C=O) groups excluding carboxylic acids is 2. The van der Waals surface area contributed by atoms with Crippen molar-refractivity contribution < 1.29 is 14.3 Å². The Morgan fingerprint density at radius 2 is 2.35 bits per heavy atom. The second kappa shape index (κ2) is 6.51. The molecule has 2 aromatic rings. The number of rotatable bonds is 4. The minimum absolute atomic E-state index is 0.126. The molecule has 1 aliphatic heterocycles. The third-order valence-corrected chi connectivity index (χ3v) is 4.55. The molecule has 120 valence electrons. The summed E-state index contributed by atoms with van der Waals surface area (Å²) >= 11 is 7.12. The molecule has 1 unspecified atom stereocenters. The summed E-state index contributed by atoms with van der Waals surface area (Å²) in [6.45, 7) is 0.509. The number of hydrogen-bond acceptors (Lipinski definition) is 7. The first-order chi connectivity index (χ1) is 11.1. The Labute approximate surface area is 141 Å². The maximum absolute atomic E-state index is 12.6. The fourth-order valence-corrected chi connectivity index (χ4v) is 3.45. The van der Waals surface area contributed by atoms with E-state index in [1.165, 1.54) is 30.8 Å².